The lowest BCUT2D eigenvalue weighted by atomic mass is 10.0. The molecule has 46 heavy (non-hydrogen) atoms. The number of piperazine rings is 1. The van der Waals surface area contributed by atoms with Gasteiger partial charge in [-0.25, -0.2) is 9.29 Å². The van der Waals surface area contributed by atoms with Crippen LogP contribution < -0.4 is 14.5 Å². The van der Waals surface area contributed by atoms with E-state index in [4.69, 9.17) is 4.74 Å². The Morgan fingerprint density at radius 3 is 2.37 bits per heavy atom. The molecule has 9 nitrogen and oxygen atoms in total. The second-order valence-electron chi connectivity index (χ2n) is 11.4. The number of carbonyl (C=O) groups excluding carboxylic acids is 3. The lowest BCUT2D eigenvalue weighted by Crippen LogP contribution is -2.47. The van der Waals surface area contributed by atoms with E-state index in [0.717, 1.165) is 55.3 Å². The average Bonchev–Trinajstić information content (AvgIpc) is 3.34. The van der Waals surface area contributed by atoms with Crippen molar-refractivity contribution in [3.05, 3.63) is 119 Å². The Kier molecular flexibility index (Phi) is 9.35. The summed E-state index contributed by atoms with van der Waals surface area (Å²) in [6.07, 6.45) is 3.82. The molecule has 0 unspecified atom stereocenters. The van der Waals surface area contributed by atoms with Crippen LogP contribution in [0.4, 0.5) is 15.8 Å². The Labute approximate surface area is 267 Å². The van der Waals surface area contributed by atoms with Gasteiger partial charge < -0.3 is 14.5 Å². The minimum absolute atomic E-state index is 0.196. The van der Waals surface area contributed by atoms with E-state index < -0.39 is 11.8 Å². The number of ether oxygens (including phenoxy) is 1. The maximum absolute atomic E-state index is 13.9. The third-order valence-electron chi connectivity index (χ3n) is 8.39. The van der Waals surface area contributed by atoms with Gasteiger partial charge in [-0.3, -0.25) is 24.3 Å². The number of fused-ring (bicyclic) bond motifs is 1. The first-order valence-electron chi connectivity index (χ1n) is 15.6. The second kappa shape index (κ2) is 13.9. The molecule has 10 heteroatoms. The zero-order chi connectivity index (χ0) is 32.0. The SMILES string of the molecule is CCOc1cc(F)ccc1N1CCN(CCCN(Cc2ccccc2)C(=O)c2ccc3c(c2)C(=O)N(c2ccncc2)C3=O)CC1. The number of rotatable bonds is 11. The van der Waals surface area contributed by atoms with Crippen molar-refractivity contribution in [2.45, 2.75) is 19.9 Å². The van der Waals surface area contributed by atoms with Gasteiger partial charge in [0.1, 0.15) is 11.6 Å². The Hall–Kier alpha value is -5.09. The molecule has 1 fully saturated rings. The zero-order valence-electron chi connectivity index (χ0n) is 25.8. The molecular weight excluding hydrogens is 585 g/mol. The second-order valence-corrected chi connectivity index (χ2v) is 11.4. The molecule has 3 amide bonds. The normalized spacial score (nSPS) is 14.8. The average molecular weight is 622 g/mol. The summed E-state index contributed by atoms with van der Waals surface area (Å²) in [5, 5.41) is 0. The molecule has 236 valence electrons. The molecule has 4 aromatic rings. The number of hydrogen-bond donors (Lipinski definition) is 0. The van der Waals surface area contributed by atoms with Crippen LogP contribution >= 0.6 is 0 Å². The van der Waals surface area contributed by atoms with Crippen molar-refractivity contribution in [1.82, 2.24) is 14.8 Å². The van der Waals surface area contributed by atoms with Gasteiger partial charge in [-0.05, 0) is 67.9 Å². The van der Waals surface area contributed by atoms with Gasteiger partial charge in [0.25, 0.3) is 17.7 Å². The summed E-state index contributed by atoms with van der Waals surface area (Å²) in [5.74, 6) is -0.816. The Bertz CT molecular complexity index is 1710. The third kappa shape index (κ3) is 6.62. The molecule has 3 heterocycles. The summed E-state index contributed by atoms with van der Waals surface area (Å²) in [4.78, 5) is 51.8. The number of benzene rings is 3. The number of aromatic nitrogens is 1. The smallest absolute Gasteiger partial charge is 0.266 e. The number of nitrogens with zero attached hydrogens (tertiary/aromatic N) is 5. The fourth-order valence-corrected chi connectivity index (χ4v) is 6.06. The quantitative estimate of drug-likeness (QED) is 0.211. The monoisotopic (exact) mass is 621 g/mol. The van der Waals surface area contributed by atoms with E-state index in [2.05, 4.69) is 14.8 Å². The van der Waals surface area contributed by atoms with Crippen molar-refractivity contribution in [3.63, 3.8) is 0 Å². The predicted octanol–water partition coefficient (Wildman–Crippen LogP) is 5.27. The van der Waals surface area contributed by atoms with Crippen LogP contribution in [0.5, 0.6) is 5.75 Å². The Morgan fingerprint density at radius 2 is 1.63 bits per heavy atom. The maximum atomic E-state index is 13.9. The minimum Gasteiger partial charge on any atom is -0.492 e. The highest BCUT2D eigenvalue weighted by atomic mass is 19.1. The number of imide groups is 1. The van der Waals surface area contributed by atoms with Crippen LogP contribution in [0.3, 0.4) is 0 Å². The van der Waals surface area contributed by atoms with Crippen molar-refractivity contribution in [2.24, 2.45) is 0 Å². The highest BCUT2D eigenvalue weighted by molar-refractivity contribution is 6.34. The summed E-state index contributed by atoms with van der Waals surface area (Å²) >= 11 is 0. The first-order valence-corrected chi connectivity index (χ1v) is 15.6. The lowest BCUT2D eigenvalue weighted by molar-refractivity contribution is 0.0734. The maximum Gasteiger partial charge on any atom is 0.266 e. The van der Waals surface area contributed by atoms with Gasteiger partial charge in [-0.2, -0.15) is 0 Å². The van der Waals surface area contributed by atoms with Crippen LogP contribution in [0, 0.1) is 5.82 Å². The van der Waals surface area contributed by atoms with Crippen LogP contribution in [0.15, 0.2) is 91.3 Å². The van der Waals surface area contributed by atoms with Crippen LogP contribution in [0.25, 0.3) is 0 Å². The van der Waals surface area contributed by atoms with E-state index in [1.807, 2.05) is 42.2 Å². The van der Waals surface area contributed by atoms with Gasteiger partial charge in [0.15, 0.2) is 0 Å². The fraction of sp³-hybridized carbons (Fsp3) is 0.278. The predicted molar refractivity (Wildman–Crippen MR) is 174 cm³/mol. The molecular formula is C36H36FN5O4. The molecule has 0 saturated carbocycles. The molecule has 0 atom stereocenters. The fourth-order valence-electron chi connectivity index (χ4n) is 6.06. The molecule has 2 aliphatic rings. The number of anilines is 2. The largest absolute Gasteiger partial charge is 0.492 e. The van der Waals surface area contributed by atoms with Gasteiger partial charge in [-0.15, -0.1) is 0 Å². The first-order chi connectivity index (χ1) is 22.4. The Morgan fingerprint density at radius 1 is 0.891 bits per heavy atom. The van der Waals surface area contributed by atoms with Gasteiger partial charge in [0.2, 0.25) is 0 Å². The molecule has 6 rings (SSSR count). The van der Waals surface area contributed by atoms with Gasteiger partial charge in [0, 0.05) is 63.3 Å². The minimum atomic E-state index is -0.455. The van der Waals surface area contributed by atoms with Crippen molar-refractivity contribution >= 4 is 29.1 Å². The van der Waals surface area contributed by atoms with E-state index in [1.54, 1.807) is 36.4 Å². The molecule has 3 aromatic carbocycles. The summed E-state index contributed by atoms with van der Waals surface area (Å²) in [7, 11) is 0. The van der Waals surface area contributed by atoms with E-state index in [1.165, 1.54) is 24.5 Å². The Balaban J connectivity index is 1.12. The molecule has 0 aliphatic carbocycles. The number of pyridine rings is 1. The highest BCUT2D eigenvalue weighted by Crippen LogP contribution is 2.31. The van der Waals surface area contributed by atoms with E-state index in [-0.39, 0.29) is 22.9 Å². The summed E-state index contributed by atoms with van der Waals surface area (Å²) in [6, 6.07) is 22.5. The van der Waals surface area contributed by atoms with Crippen LogP contribution in [0.2, 0.25) is 0 Å². The van der Waals surface area contributed by atoms with Crippen LogP contribution in [-0.2, 0) is 6.54 Å². The van der Waals surface area contributed by atoms with Crippen molar-refractivity contribution in [2.75, 3.05) is 55.7 Å². The van der Waals surface area contributed by atoms with Crippen LogP contribution in [0.1, 0.15) is 50.0 Å². The van der Waals surface area contributed by atoms with E-state index in [0.29, 0.717) is 36.7 Å². The van der Waals surface area contributed by atoms with Crippen molar-refractivity contribution < 1.29 is 23.5 Å². The summed E-state index contributed by atoms with van der Waals surface area (Å²) in [5.41, 5.74) is 3.21. The molecule has 0 bridgehead atoms. The molecule has 0 radical (unpaired) electrons. The topological polar surface area (TPSA) is 86.3 Å². The molecule has 1 aromatic heterocycles. The molecule has 0 spiro atoms. The highest BCUT2D eigenvalue weighted by Gasteiger charge is 2.37. The number of halogens is 1. The molecule has 2 aliphatic heterocycles. The lowest BCUT2D eigenvalue weighted by Gasteiger charge is -2.37. The van der Waals surface area contributed by atoms with Crippen LogP contribution in [-0.4, -0.2) is 78.4 Å². The summed E-state index contributed by atoms with van der Waals surface area (Å²) < 4.78 is 19.5. The van der Waals surface area contributed by atoms with E-state index in [9.17, 15) is 18.8 Å². The van der Waals surface area contributed by atoms with Crippen molar-refractivity contribution in [3.8, 4) is 5.75 Å². The number of carbonyl (C=O) groups is 3. The van der Waals surface area contributed by atoms with E-state index >= 15 is 0 Å². The van der Waals surface area contributed by atoms with Crippen molar-refractivity contribution in [1.29, 1.82) is 0 Å². The molecule has 1 saturated heterocycles. The zero-order valence-corrected chi connectivity index (χ0v) is 25.8. The van der Waals surface area contributed by atoms with Gasteiger partial charge in [-0.1, -0.05) is 30.3 Å². The molecule has 0 N–H and O–H groups in total. The number of hydrogen-bond acceptors (Lipinski definition) is 7. The first kappa shape index (κ1) is 30.9. The third-order valence-corrected chi connectivity index (χ3v) is 8.39. The van der Waals surface area contributed by atoms with Gasteiger partial charge >= 0.3 is 0 Å². The standard InChI is InChI=1S/C36H36FN5O4/c1-2-46-33-24-28(37)10-12-32(33)40-21-19-39(20-22-40)17-6-18-41(25-26-7-4-3-5-8-26)34(43)27-9-11-30-31(23-27)36(45)42(35(30)44)29-13-15-38-16-14-29/h3-5,7-16,23-24H,2,6,17-22,25H2,1H3. The summed E-state index contributed by atoms with van der Waals surface area (Å²) in [6.45, 7) is 7.37. The number of amides is 3. The van der Waals surface area contributed by atoms with Gasteiger partial charge in [0.05, 0.1) is 29.1 Å².